The summed E-state index contributed by atoms with van der Waals surface area (Å²) in [4.78, 5) is 40.1. The van der Waals surface area contributed by atoms with Gasteiger partial charge in [0.1, 0.15) is 19.4 Å². The summed E-state index contributed by atoms with van der Waals surface area (Å²) in [5.74, 6) is -0.770. The fourth-order valence-corrected chi connectivity index (χ4v) is 4.39. The van der Waals surface area contributed by atoms with Crippen LogP contribution in [0.4, 0.5) is 0 Å². The van der Waals surface area contributed by atoms with Gasteiger partial charge >= 0.3 is 19.4 Å². The summed E-state index contributed by atoms with van der Waals surface area (Å²) in [5.41, 5.74) is 7.85. The van der Waals surface area contributed by atoms with E-state index < -0.39 is 66.9 Å². The molecule has 1 aliphatic rings. The summed E-state index contributed by atoms with van der Waals surface area (Å²) >= 11 is 16.9. The van der Waals surface area contributed by atoms with Crippen molar-refractivity contribution in [2.75, 3.05) is 26.9 Å². The number of carbonyl (C=O) groups is 1. The quantitative estimate of drug-likeness (QED) is 0.110. The maximum absolute atomic E-state index is 13.0. The van der Waals surface area contributed by atoms with E-state index in [0.29, 0.717) is 0 Å². The van der Waals surface area contributed by atoms with Crippen molar-refractivity contribution in [3.05, 3.63) is 43.0 Å². The normalized spacial score (nSPS) is 22.4. The summed E-state index contributed by atoms with van der Waals surface area (Å²) in [7, 11) is -3.11. The molecule has 14 nitrogen and oxygen atoms in total. The van der Waals surface area contributed by atoms with Crippen molar-refractivity contribution in [3.63, 3.8) is 0 Å². The lowest BCUT2D eigenvalue weighted by atomic mass is 10.1. The molecule has 0 saturated carbocycles. The summed E-state index contributed by atoms with van der Waals surface area (Å²) in [6.07, 6.45) is -0.538. The van der Waals surface area contributed by atoms with Crippen LogP contribution in [0.2, 0.25) is 0 Å². The molecule has 33 heavy (non-hydrogen) atoms. The van der Waals surface area contributed by atoms with Crippen molar-refractivity contribution < 1.29 is 27.9 Å². The van der Waals surface area contributed by atoms with Gasteiger partial charge in [-0.3, -0.25) is 28.2 Å². The molecule has 1 aromatic heterocycles. The molecule has 2 heterocycles. The molecule has 1 aromatic rings. The van der Waals surface area contributed by atoms with Crippen molar-refractivity contribution in [2.24, 2.45) is 5.11 Å². The van der Waals surface area contributed by atoms with Gasteiger partial charge in [0.25, 0.3) is 5.56 Å². The first-order chi connectivity index (χ1) is 15.4. The monoisotopic (exact) mass is 548 g/mol. The van der Waals surface area contributed by atoms with E-state index in [-0.39, 0.29) is 12.0 Å². The number of rotatable bonds is 10. The van der Waals surface area contributed by atoms with Gasteiger partial charge < -0.3 is 9.47 Å². The van der Waals surface area contributed by atoms with Crippen LogP contribution < -0.4 is 16.3 Å². The molecule has 0 radical (unpaired) electrons. The maximum Gasteiger partial charge on any atom is 0.406 e. The predicted octanol–water partition coefficient (Wildman–Crippen LogP) is 2.09. The van der Waals surface area contributed by atoms with E-state index in [1.165, 1.54) is 13.1 Å². The fourth-order valence-electron chi connectivity index (χ4n) is 2.72. The molecular weight excluding hydrogens is 530 g/mol. The summed E-state index contributed by atoms with van der Waals surface area (Å²) in [6, 6.07) is -0.832. The lowest BCUT2D eigenvalue weighted by molar-refractivity contribution is -0.139. The molecule has 1 fully saturated rings. The van der Waals surface area contributed by atoms with Crippen LogP contribution in [0.1, 0.15) is 18.2 Å². The second kappa shape index (κ2) is 11.7. The molecular formula is C15H20Cl3N6O8P. The van der Waals surface area contributed by atoms with Crippen molar-refractivity contribution in [1.29, 1.82) is 0 Å². The molecule has 4 atom stereocenters. The Balaban J connectivity index is 2.18. The number of aromatic nitrogens is 2. The molecule has 18 heteroatoms. The number of azide groups is 1. The number of hydrogen-bond acceptors (Lipinski definition) is 9. The number of halogens is 3. The van der Waals surface area contributed by atoms with Gasteiger partial charge in [0, 0.05) is 23.1 Å². The maximum atomic E-state index is 13.0. The van der Waals surface area contributed by atoms with Crippen molar-refractivity contribution in [1.82, 2.24) is 14.6 Å². The Bertz CT molecular complexity index is 1070. The number of ether oxygens (including phenoxy) is 2. The van der Waals surface area contributed by atoms with Gasteiger partial charge in [0.2, 0.25) is 3.79 Å². The Kier molecular flexibility index (Phi) is 9.80. The number of methoxy groups -OCH3 is 1. The third-order valence-electron chi connectivity index (χ3n) is 4.31. The van der Waals surface area contributed by atoms with Crippen molar-refractivity contribution in [2.45, 2.75) is 35.5 Å². The molecule has 184 valence electrons. The Hall–Kier alpha value is -1.60. The predicted molar refractivity (Wildman–Crippen MR) is 117 cm³/mol. The topological polar surface area (TPSA) is 187 Å². The minimum Gasteiger partial charge on any atom is -0.468 e. The Labute approximate surface area is 201 Å². The van der Waals surface area contributed by atoms with Crippen LogP contribution in [0.5, 0.6) is 0 Å². The minimum absolute atomic E-state index is 0.0539. The summed E-state index contributed by atoms with van der Waals surface area (Å²) in [6.45, 7) is -0.153. The number of nitrogens with zero attached hydrogens (tertiary/aromatic N) is 4. The van der Waals surface area contributed by atoms with Gasteiger partial charge in [0.15, 0.2) is 0 Å². The van der Waals surface area contributed by atoms with Gasteiger partial charge in [-0.05, 0) is 12.5 Å². The Morgan fingerprint density at radius 2 is 2.15 bits per heavy atom. The highest BCUT2D eigenvalue weighted by atomic mass is 35.6. The average molecular weight is 550 g/mol. The second-order valence-electron chi connectivity index (χ2n) is 6.71. The van der Waals surface area contributed by atoms with E-state index in [4.69, 9.17) is 54.1 Å². The third-order valence-corrected chi connectivity index (χ3v) is 6.14. The van der Waals surface area contributed by atoms with E-state index in [9.17, 15) is 18.9 Å². The second-order valence-corrected chi connectivity index (χ2v) is 11.1. The van der Waals surface area contributed by atoms with Crippen LogP contribution in [0.25, 0.3) is 10.4 Å². The first-order valence-electron chi connectivity index (χ1n) is 9.17. The molecule has 0 bridgehead atoms. The van der Waals surface area contributed by atoms with Crippen LogP contribution in [0, 0.1) is 6.92 Å². The number of carbonyl (C=O) groups excluding carboxylic acids is 1. The largest absolute Gasteiger partial charge is 0.468 e. The van der Waals surface area contributed by atoms with E-state index in [0.717, 1.165) is 11.7 Å². The van der Waals surface area contributed by atoms with Gasteiger partial charge in [-0.25, -0.2) is 14.4 Å². The van der Waals surface area contributed by atoms with Gasteiger partial charge in [-0.15, -0.1) is 0 Å². The first-order valence-corrected chi connectivity index (χ1v) is 11.8. The molecule has 1 aliphatic heterocycles. The Morgan fingerprint density at radius 1 is 1.45 bits per heavy atom. The molecule has 2 N–H and O–H groups in total. The lowest BCUT2D eigenvalue weighted by Crippen LogP contribution is -2.33. The zero-order valence-corrected chi connectivity index (χ0v) is 20.4. The number of H-pyrrole nitrogens is 1. The highest BCUT2D eigenvalue weighted by molar-refractivity contribution is 7.51. The third kappa shape index (κ3) is 8.29. The highest BCUT2D eigenvalue weighted by Gasteiger charge is 2.39. The molecule has 0 aliphatic carbocycles. The fraction of sp³-hybridized carbons (Fsp3) is 0.667. The van der Waals surface area contributed by atoms with E-state index in [2.05, 4.69) is 24.8 Å². The Morgan fingerprint density at radius 3 is 2.76 bits per heavy atom. The molecule has 1 unspecified atom stereocenters. The van der Waals surface area contributed by atoms with Crippen LogP contribution in [-0.4, -0.2) is 58.3 Å². The lowest BCUT2D eigenvalue weighted by Gasteiger charge is -2.23. The van der Waals surface area contributed by atoms with Crippen LogP contribution in [0.3, 0.4) is 0 Å². The molecule has 0 amide bonds. The van der Waals surface area contributed by atoms with Crippen LogP contribution in [-0.2, 0) is 27.9 Å². The van der Waals surface area contributed by atoms with E-state index in [1.54, 1.807) is 0 Å². The van der Waals surface area contributed by atoms with E-state index >= 15 is 0 Å². The van der Waals surface area contributed by atoms with Crippen molar-refractivity contribution >= 4 is 48.5 Å². The minimum atomic E-state index is -4.23. The highest BCUT2D eigenvalue weighted by Crippen LogP contribution is 2.47. The van der Waals surface area contributed by atoms with Gasteiger partial charge in [0.05, 0.1) is 25.9 Å². The smallest absolute Gasteiger partial charge is 0.406 e. The van der Waals surface area contributed by atoms with Gasteiger partial charge in [-0.2, -0.15) is 0 Å². The number of esters is 1. The zero-order chi connectivity index (χ0) is 24.8. The number of alkyl halides is 3. The SMILES string of the molecule is COC(=O)CNP(=O)(OC[C@H]1O[C@@H](n2cc(C)c(=O)[nH]c2=O)C[C@@H]1N=[N+]=[N-])OCC(Cl)(Cl)Cl. The molecule has 0 aromatic carbocycles. The zero-order valence-electron chi connectivity index (χ0n) is 17.3. The molecule has 2 rings (SSSR count). The standard InChI is InChI=1S/C15H20Cl3N6O8P/c1-8-5-24(14(27)21-13(8)26)11-3-9(22-23-19)10(32-11)6-30-33(28,20-4-12(25)29-2)31-7-15(16,17)18/h5,9-11H,3-4,6-7H2,1-2H3,(H,20,28)(H,21,26,27)/t9-,10+,11+,33?/m0/s1. The molecule has 0 spiro atoms. The van der Waals surface area contributed by atoms with Crippen LogP contribution >= 0.6 is 42.5 Å². The summed E-state index contributed by atoms with van der Waals surface area (Å²) in [5, 5.41) is 5.89. The van der Waals surface area contributed by atoms with Crippen LogP contribution in [0.15, 0.2) is 20.9 Å². The first kappa shape index (κ1) is 27.6. The molecule has 1 saturated heterocycles. The summed E-state index contributed by atoms with van der Waals surface area (Å²) < 4.78 is 32.8. The number of hydrogen-bond donors (Lipinski definition) is 2. The van der Waals surface area contributed by atoms with E-state index in [1.807, 2.05) is 0 Å². The number of aryl methyl sites for hydroxylation is 1. The average Bonchev–Trinajstić information content (AvgIpc) is 3.14. The number of nitrogens with one attached hydrogen (secondary N) is 2. The van der Waals surface area contributed by atoms with Crippen molar-refractivity contribution in [3.8, 4) is 0 Å². The van der Waals surface area contributed by atoms with Gasteiger partial charge in [-0.1, -0.05) is 39.9 Å². The number of aromatic amines is 1.